The summed E-state index contributed by atoms with van der Waals surface area (Å²) >= 11 is 0. The Kier molecular flexibility index (Phi) is 7.36. The van der Waals surface area contributed by atoms with E-state index >= 15 is 0 Å². The van der Waals surface area contributed by atoms with Gasteiger partial charge in [-0.3, -0.25) is 9.79 Å². The van der Waals surface area contributed by atoms with E-state index in [4.69, 9.17) is 0 Å². The molecule has 0 atom stereocenters. The molecule has 2 aromatic rings. The van der Waals surface area contributed by atoms with Crippen molar-refractivity contribution in [2.75, 3.05) is 26.0 Å². The number of alkyl halides is 3. The molecule has 0 aliphatic carbocycles. The zero-order valence-corrected chi connectivity index (χ0v) is 21.4. The molecule has 1 spiro atoms. The molecule has 2 aromatic carbocycles. The highest BCUT2D eigenvalue weighted by Gasteiger charge is 2.47. The van der Waals surface area contributed by atoms with E-state index in [-0.39, 0.29) is 55.1 Å². The highest BCUT2D eigenvalue weighted by Crippen LogP contribution is 2.34. The van der Waals surface area contributed by atoms with Crippen molar-refractivity contribution >= 4 is 27.7 Å². The molecule has 1 amide bonds. The molecule has 2 heterocycles. The molecule has 1 N–H and O–H groups in total. The van der Waals surface area contributed by atoms with Gasteiger partial charge < -0.3 is 10.1 Å². The van der Waals surface area contributed by atoms with Crippen LogP contribution < -0.4 is 5.32 Å². The summed E-state index contributed by atoms with van der Waals surface area (Å²) in [6.45, 7) is 1.62. The van der Waals surface area contributed by atoms with Crippen LogP contribution in [0.15, 0.2) is 41.4 Å². The van der Waals surface area contributed by atoms with Gasteiger partial charge in [0.25, 0.3) is 5.91 Å². The van der Waals surface area contributed by atoms with Crippen LogP contribution in [-0.4, -0.2) is 61.9 Å². The van der Waals surface area contributed by atoms with Crippen LogP contribution in [0.2, 0.25) is 0 Å². The van der Waals surface area contributed by atoms with Crippen molar-refractivity contribution in [2.24, 2.45) is 4.99 Å². The number of carbonyl (C=O) groups is 2. The Bertz CT molecular complexity index is 1410. The number of ether oxygens (including phenoxy) is 1. The van der Waals surface area contributed by atoms with Gasteiger partial charge >= 0.3 is 12.1 Å². The van der Waals surface area contributed by atoms with Crippen molar-refractivity contribution < 1.29 is 40.3 Å². The number of methoxy groups -OCH3 is 1. The van der Waals surface area contributed by atoms with Gasteiger partial charge in [0.2, 0.25) is 10.0 Å². The molecule has 2 aliphatic heterocycles. The third-order valence-electron chi connectivity index (χ3n) is 6.85. The van der Waals surface area contributed by atoms with Crippen molar-refractivity contribution in [3.05, 3.63) is 70.0 Å². The Balaban J connectivity index is 1.44. The van der Waals surface area contributed by atoms with Crippen molar-refractivity contribution in [3.63, 3.8) is 0 Å². The number of amides is 1. The second kappa shape index (κ2) is 10.1. The van der Waals surface area contributed by atoms with Gasteiger partial charge in [0, 0.05) is 18.7 Å². The van der Waals surface area contributed by atoms with Gasteiger partial charge in [-0.15, -0.1) is 0 Å². The van der Waals surface area contributed by atoms with Crippen LogP contribution in [-0.2, 0) is 32.2 Å². The van der Waals surface area contributed by atoms with E-state index in [9.17, 15) is 35.6 Å². The molecule has 13 heteroatoms. The van der Waals surface area contributed by atoms with Gasteiger partial charge in [-0.2, -0.15) is 13.2 Å². The molecule has 0 bridgehead atoms. The second-order valence-electron chi connectivity index (χ2n) is 9.24. The fourth-order valence-electron chi connectivity index (χ4n) is 4.60. The number of carbonyl (C=O) groups excluding carboxylic acids is 2. The Hall–Kier alpha value is -3.32. The van der Waals surface area contributed by atoms with Gasteiger partial charge in [0.1, 0.15) is 17.2 Å². The third kappa shape index (κ3) is 5.44. The number of piperidine rings is 1. The van der Waals surface area contributed by atoms with E-state index in [1.165, 1.54) is 22.5 Å². The van der Waals surface area contributed by atoms with Gasteiger partial charge in [-0.1, -0.05) is 12.1 Å². The van der Waals surface area contributed by atoms with E-state index in [2.05, 4.69) is 15.0 Å². The minimum absolute atomic E-state index is 0.00646. The molecular formula is C25H25F4N3O5S. The number of nitrogens with zero attached hydrogens (tertiary/aromatic N) is 2. The lowest BCUT2D eigenvalue weighted by Crippen LogP contribution is -2.50. The number of halogens is 4. The van der Waals surface area contributed by atoms with E-state index in [0.29, 0.717) is 11.1 Å². The molecule has 1 saturated heterocycles. The topological polar surface area (TPSA) is 105 Å². The maximum absolute atomic E-state index is 14.3. The van der Waals surface area contributed by atoms with Crippen LogP contribution >= 0.6 is 0 Å². The quantitative estimate of drug-likeness (QED) is 0.436. The lowest BCUT2D eigenvalue weighted by atomic mass is 9.89. The Morgan fingerprint density at radius 2 is 1.87 bits per heavy atom. The molecule has 2 aliphatic rings. The fourth-order valence-corrected chi connectivity index (χ4v) is 6.07. The summed E-state index contributed by atoms with van der Waals surface area (Å²) in [5.41, 5.74) is -1.29. The van der Waals surface area contributed by atoms with Crippen LogP contribution in [0.5, 0.6) is 0 Å². The number of sulfonamides is 1. The number of rotatable bonds is 6. The van der Waals surface area contributed by atoms with Crippen LogP contribution in [0.3, 0.4) is 0 Å². The van der Waals surface area contributed by atoms with Crippen molar-refractivity contribution in [2.45, 2.75) is 37.9 Å². The summed E-state index contributed by atoms with van der Waals surface area (Å²) in [4.78, 5) is 28.8. The summed E-state index contributed by atoms with van der Waals surface area (Å²) in [6, 6.07) is 6.89. The summed E-state index contributed by atoms with van der Waals surface area (Å²) in [5, 5.41) is 2.55. The first-order chi connectivity index (χ1) is 17.8. The number of benzene rings is 2. The molecular weight excluding hydrogens is 530 g/mol. The van der Waals surface area contributed by atoms with Crippen LogP contribution in [0.4, 0.5) is 17.6 Å². The maximum Gasteiger partial charge on any atom is 0.416 e. The number of amidine groups is 1. The molecule has 0 radical (unpaired) electrons. The molecule has 204 valence electrons. The first-order valence-electron chi connectivity index (χ1n) is 11.7. The van der Waals surface area contributed by atoms with Crippen molar-refractivity contribution in [1.82, 2.24) is 9.62 Å². The van der Waals surface area contributed by atoms with E-state index < -0.39 is 45.0 Å². The molecule has 4 rings (SSSR count). The first kappa shape index (κ1) is 27.7. The molecule has 38 heavy (non-hydrogen) atoms. The Labute approximate surface area is 216 Å². The van der Waals surface area contributed by atoms with E-state index in [0.717, 1.165) is 25.3 Å². The smallest absolute Gasteiger partial charge is 0.416 e. The number of nitrogens with one attached hydrogen (secondary N) is 1. The minimum atomic E-state index is -4.55. The molecule has 0 saturated carbocycles. The summed E-state index contributed by atoms with van der Waals surface area (Å²) < 4.78 is 85.3. The summed E-state index contributed by atoms with van der Waals surface area (Å²) in [5.74, 6) is -2.43. The SMILES string of the molecule is COC(=O)c1cc(C)c(CCS(=O)(=O)N2CCC3(CC2)N=C(c2cccc(C(F)(F)F)c2)NC3=O)cc1F. The molecule has 8 nitrogen and oxygen atoms in total. The van der Waals surface area contributed by atoms with Gasteiger partial charge in [-0.25, -0.2) is 21.9 Å². The van der Waals surface area contributed by atoms with Crippen LogP contribution in [0.1, 0.15) is 45.5 Å². The summed E-state index contributed by atoms with van der Waals surface area (Å²) in [6.07, 6.45) is -4.43. The number of aryl methyl sites for hydroxylation is 2. The number of hydrogen-bond donors (Lipinski definition) is 1. The second-order valence-corrected chi connectivity index (χ2v) is 11.3. The monoisotopic (exact) mass is 555 g/mol. The largest absolute Gasteiger partial charge is 0.465 e. The number of aliphatic imine (C=N–C) groups is 1. The normalized spacial score (nSPS) is 17.8. The Morgan fingerprint density at radius 3 is 2.50 bits per heavy atom. The first-order valence-corrected chi connectivity index (χ1v) is 13.3. The minimum Gasteiger partial charge on any atom is -0.465 e. The lowest BCUT2D eigenvalue weighted by Gasteiger charge is -2.34. The average Bonchev–Trinajstić information content (AvgIpc) is 3.19. The number of esters is 1. The van der Waals surface area contributed by atoms with E-state index in [1.807, 2.05) is 0 Å². The fraction of sp³-hybridized carbons (Fsp3) is 0.400. The van der Waals surface area contributed by atoms with Crippen LogP contribution in [0, 0.1) is 12.7 Å². The third-order valence-corrected chi connectivity index (χ3v) is 8.72. The summed E-state index contributed by atoms with van der Waals surface area (Å²) in [7, 11) is -2.65. The van der Waals surface area contributed by atoms with E-state index in [1.54, 1.807) is 6.92 Å². The zero-order valence-electron chi connectivity index (χ0n) is 20.6. The van der Waals surface area contributed by atoms with Crippen molar-refractivity contribution in [1.29, 1.82) is 0 Å². The van der Waals surface area contributed by atoms with Crippen molar-refractivity contribution in [3.8, 4) is 0 Å². The Morgan fingerprint density at radius 1 is 1.18 bits per heavy atom. The van der Waals surface area contributed by atoms with Gasteiger partial charge in [0.15, 0.2) is 0 Å². The predicted octanol–water partition coefficient (Wildman–Crippen LogP) is 3.22. The predicted molar refractivity (Wildman–Crippen MR) is 130 cm³/mol. The van der Waals surface area contributed by atoms with Crippen LogP contribution in [0.25, 0.3) is 0 Å². The lowest BCUT2D eigenvalue weighted by molar-refractivity contribution is -0.137. The maximum atomic E-state index is 14.3. The molecule has 1 fully saturated rings. The standard InChI is InChI=1S/C25H25F4N3O5S/c1-15-12-19(22(33)37-2)20(26)14-16(15)6-11-38(35,36)32-9-7-24(8-10-32)23(34)30-21(31-24)17-4-3-5-18(13-17)25(27,28)29/h3-5,12-14H,6-11H2,1-2H3,(H,30,31,34). The highest BCUT2D eigenvalue weighted by molar-refractivity contribution is 7.89. The van der Waals surface area contributed by atoms with Gasteiger partial charge in [-0.05, 0) is 61.6 Å². The average molecular weight is 556 g/mol. The number of hydrogen-bond acceptors (Lipinski definition) is 6. The van der Waals surface area contributed by atoms with Gasteiger partial charge in [0.05, 0.1) is 24.0 Å². The molecule has 0 aromatic heterocycles. The highest BCUT2D eigenvalue weighted by atomic mass is 32.2. The zero-order chi connectivity index (χ0) is 27.9. The molecule has 0 unspecified atom stereocenters.